The number of nitrogens with one attached hydrogen (secondary N) is 1. The lowest BCUT2D eigenvalue weighted by atomic mass is 10.2. The Kier molecular flexibility index (Phi) is 7.48. The van der Waals surface area contributed by atoms with Gasteiger partial charge in [0.25, 0.3) is 0 Å². The van der Waals surface area contributed by atoms with E-state index in [0.29, 0.717) is 25.7 Å². The average Bonchev–Trinajstić information content (AvgIpc) is 2.90. The molecule has 6 nitrogen and oxygen atoms in total. The first-order valence-corrected chi connectivity index (χ1v) is 8.83. The fourth-order valence-electron chi connectivity index (χ4n) is 2.08. The maximum Gasteiger partial charge on any atom is 0.410 e. The van der Waals surface area contributed by atoms with E-state index in [-0.39, 0.29) is 12.0 Å². The molecule has 1 atom stereocenters. The number of rotatable bonds is 6. The maximum absolute atomic E-state index is 11.9. The lowest BCUT2D eigenvalue weighted by Crippen LogP contribution is -2.43. The number of thioether (sulfide) groups is 1. The molecule has 128 valence electrons. The number of hydrogen-bond acceptors (Lipinski definition) is 5. The highest BCUT2D eigenvalue weighted by molar-refractivity contribution is 7.99. The third-order valence-corrected chi connectivity index (χ3v) is 4.54. The smallest absolute Gasteiger partial charge is 0.410 e. The monoisotopic (exact) mass is 331 g/mol. The molecule has 0 aromatic heterocycles. The molecule has 1 aliphatic rings. The van der Waals surface area contributed by atoms with Crippen molar-refractivity contribution in [2.45, 2.75) is 38.8 Å². The molecule has 22 heavy (non-hydrogen) atoms. The number of carbonyl (C=O) groups excluding carboxylic acids is 2. The molecule has 0 saturated carbocycles. The second-order valence-electron chi connectivity index (χ2n) is 6.68. The standard InChI is InChI=1S/C15H29N3O3S/c1-15(2,3)21-14(20)17(4)8-7-16-13(19)10-18(5)12-6-9-22-11-12/h12H,6-11H2,1-5H3,(H,16,19)/t12-/m0/s1. The fourth-order valence-corrected chi connectivity index (χ4v) is 3.37. The Bertz CT molecular complexity index is 379. The van der Waals surface area contributed by atoms with Crippen molar-refractivity contribution < 1.29 is 14.3 Å². The van der Waals surface area contributed by atoms with Gasteiger partial charge >= 0.3 is 6.09 Å². The van der Waals surface area contributed by atoms with Gasteiger partial charge in [-0.3, -0.25) is 9.69 Å². The summed E-state index contributed by atoms with van der Waals surface area (Å²) in [7, 11) is 3.66. The van der Waals surface area contributed by atoms with Crippen molar-refractivity contribution in [3.63, 3.8) is 0 Å². The molecule has 0 aromatic rings. The van der Waals surface area contributed by atoms with E-state index in [9.17, 15) is 9.59 Å². The Balaban J connectivity index is 2.19. The van der Waals surface area contributed by atoms with Crippen LogP contribution >= 0.6 is 11.8 Å². The summed E-state index contributed by atoms with van der Waals surface area (Å²) in [5.74, 6) is 2.28. The predicted octanol–water partition coefficient (Wildman–Crippen LogP) is 1.41. The first-order valence-electron chi connectivity index (χ1n) is 7.68. The highest BCUT2D eigenvalue weighted by Gasteiger charge is 2.22. The molecule has 0 spiro atoms. The van der Waals surface area contributed by atoms with E-state index in [4.69, 9.17) is 4.74 Å². The molecule has 0 aliphatic carbocycles. The summed E-state index contributed by atoms with van der Waals surface area (Å²) in [6, 6.07) is 0.500. The Labute approximate surface area is 137 Å². The van der Waals surface area contributed by atoms with Gasteiger partial charge in [0.2, 0.25) is 5.91 Å². The summed E-state index contributed by atoms with van der Waals surface area (Å²) >= 11 is 1.94. The number of hydrogen-bond donors (Lipinski definition) is 1. The van der Waals surface area contributed by atoms with Crippen LogP contribution in [0.15, 0.2) is 0 Å². The van der Waals surface area contributed by atoms with Gasteiger partial charge in [-0.05, 0) is 40.0 Å². The molecule has 1 aliphatic heterocycles. The molecular formula is C15H29N3O3S. The molecule has 2 amide bonds. The quantitative estimate of drug-likeness (QED) is 0.797. The second kappa shape index (κ2) is 8.62. The van der Waals surface area contributed by atoms with Crippen molar-refractivity contribution in [1.82, 2.24) is 15.1 Å². The van der Waals surface area contributed by atoms with Crippen LogP contribution < -0.4 is 5.32 Å². The van der Waals surface area contributed by atoms with Crippen molar-refractivity contribution in [1.29, 1.82) is 0 Å². The normalized spacial score (nSPS) is 18.4. The number of ether oxygens (including phenoxy) is 1. The summed E-state index contributed by atoms with van der Waals surface area (Å²) in [6.45, 7) is 6.76. The molecule has 1 rings (SSSR count). The average molecular weight is 331 g/mol. The van der Waals surface area contributed by atoms with Gasteiger partial charge in [-0.15, -0.1) is 0 Å². The molecular weight excluding hydrogens is 302 g/mol. The number of carbonyl (C=O) groups is 2. The van der Waals surface area contributed by atoms with Gasteiger partial charge in [0.1, 0.15) is 5.60 Å². The summed E-state index contributed by atoms with van der Waals surface area (Å²) in [5, 5.41) is 2.85. The predicted molar refractivity (Wildman–Crippen MR) is 90.2 cm³/mol. The van der Waals surface area contributed by atoms with Crippen molar-refractivity contribution in [2.75, 3.05) is 45.2 Å². The van der Waals surface area contributed by atoms with Crippen molar-refractivity contribution in [2.24, 2.45) is 0 Å². The van der Waals surface area contributed by atoms with E-state index in [1.807, 2.05) is 39.6 Å². The molecule has 0 unspecified atom stereocenters. The molecule has 0 radical (unpaired) electrons. The van der Waals surface area contributed by atoms with Gasteiger partial charge in [0, 0.05) is 31.9 Å². The highest BCUT2D eigenvalue weighted by atomic mass is 32.2. The van der Waals surface area contributed by atoms with E-state index >= 15 is 0 Å². The first-order chi connectivity index (χ1) is 10.2. The Hall–Kier alpha value is -0.950. The van der Waals surface area contributed by atoms with Gasteiger partial charge in [-0.1, -0.05) is 0 Å². The van der Waals surface area contributed by atoms with Crippen LogP contribution in [0.4, 0.5) is 4.79 Å². The topological polar surface area (TPSA) is 61.9 Å². The number of amides is 2. The molecule has 1 heterocycles. The zero-order valence-electron chi connectivity index (χ0n) is 14.3. The van der Waals surface area contributed by atoms with Gasteiger partial charge in [-0.2, -0.15) is 11.8 Å². The van der Waals surface area contributed by atoms with E-state index in [2.05, 4.69) is 10.2 Å². The van der Waals surface area contributed by atoms with Crippen LogP contribution in [0.25, 0.3) is 0 Å². The number of nitrogens with zero attached hydrogens (tertiary/aromatic N) is 2. The minimum Gasteiger partial charge on any atom is -0.444 e. The maximum atomic E-state index is 11.9. The Morgan fingerprint density at radius 2 is 2.00 bits per heavy atom. The Morgan fingerprint density at radius 3 is 2.55 bits per heavy atom. The van der Waals surface area contributed by atoms with Gasteiger partial charge < -0.3 is 15.0 Å². The zero-order chi connectivity index (χ0) is 16.8. The van der Waals surface area contributed by atoms with E-state index < -0.39 is 5.60 Å². The molecule has 1 fully saturated rings. The van der Waals surface area contributed by atoms with Gasteiger partial charge in [0.15, 0.2) is 0 Å². The lowest BCUT2D eigenvalue weighted by molar-refractivity contribution is -0.122. The van der Waals surface area contributed by atoms with Crippen LogP contribution in [-0.2, 0) is 9.53 Å². The zero-order valence-corrected chi connectivity index (χ0v) is 15.2. The summed E-state index contributed by atoms with van der Waals surface area (Å²) in [6.07, 6.45) is 0.775. The van der Waals surface area contributed by atoms with Crippen LogP contribution in [0, 0.1) is 0 Å². The molecule has 0 aromatic carbocycles. The van der Waals surface area contributed by atoms with Crippen LogP contribution in [0.1, 0.15) is 27.2 Å². The second-order valence-corrected chi connectivity index (χ2v) is 7.83. The summed E-state index contributed by atoms with van der Waals surface area (Å²) < 4.78 is 5.25. The van der Waals surface area contributed by atoms with Gasteiger partial charge in [-0.25, -0.2) is 4.79 Å². The third kappa shape index (κ3) is 7.35. The highest BCUT2D eigenvalue weighted by Crippen LogP contribution is 2.20. The Morgan fingerprint density at radius 1 is 1.32 bits per heavy atom. The van der Waals surface area contributed by atoms with Crippen LogP contribution in [0.2, 0.25) is 0 Å². The fraction of sp³-hybridized carbons (Fsp3) is 0.867. The van der Waals surface area contributed by atoms with Crippen molar-refractivity contribution in [3.8, 4) is 0 Å². The largest absolute Gasteiger partial charge is 0.444 e. The summed E-state index contributed by atoms with van der Waals surface area (Å²) in [4.78, 5) is 27.2. The molecule has 0 bridgehead atoms. The van der Waals surface area contributed by atoms with E-state index in [1.165, 1.54) is 10.7 Å². The first kappa shape index (κ1) is 19.1. The minimum absolute atomic E-state index is 0.00279. The molecule has 1 saturated heterocycles. The lowest BCUT2D eigenvalue weighted by Gasteiger charge is -2.25. The van der Waals surface area contributed by atoms with E-state index in [1.54, 1.807) is 7.05 Å². The molecule has 7 heteroatoms. The van der Waals surface area contributed by atoms with Crippen LogP contribution in [0.5, 0.6) is 0 Å². The summed E-state index contributed by atoms with van der Waals surface area (Å²) in [5.41, 5.74) is -0.503. The van der Waals surface area contributed by atoms with E-state index in [0.717, 1.165) is 12.2 Å². The molecule has 1 N–H and O–H groups in total. The minimum atomic E-state index is -0.503. The van der Waals surface area contributed by atoms with Crippen LogP contribution in [0.3, 0.4) is 0 Å². The number of likely N-dealkylation sites (N-methyl/N-ethyl adjacent to an activating group) is 2. The van der Waals surface area contributed by atoms with Gasteiger partial charge in [0.05, 0.1) is 6.54 Å². The third-order valence-electron chi connectivity index (χ3n) is 3.40. The van der Waals surface area contributed by atoms with Crippen molar-refractivity contribution >= 4 is 23.8 Å². The van der Waals surface area contributed by atoms with Crippen molar-refractivity contribution in [3.05, 3.63) is 0 Å². The van der Waals surface area contributed by atoms with Crippen LogP contribution in [-0.4, -0.2) is 78.7 Å². The SMILES string of the molecule is CN(CCNC(=O)CN(C)[C@H]1CCSC1)C(=O)OC(C)(C)C.